The predicted octanol–water partition coefficient (Wildman–Crippen LogP) is 2.89. The summed E-state index contributed by atoms with van der Waals surface area (Å²) >= 11 is 5.92. The molecule has 5 heteroatoms. The van der Waals surface area contributed by atoms with Gasteiger partial charge in [0, 0.05) is 12.6 Å². The minimum Gasteiger partial charge on any atom is -0.368 e. The van der Waals surface area contributed by atoms with Gasteiger partial charge in [-0.15, -0.1) is 10.2 Å². The molecular weight excluding hydrogens is 248 g/mol. The summed E-state index contributed by atoms with van der Waals surface area (Å²) in [6.45, 7) is 10.3. The molecule has 18 heavy (non-hydrogen) atoms. The Labute approximate surface area is 115 Å². The van der Waals surface area contributed by atoms with Crippen molar-refractivity contribution in [3.05, 3.63) is 16.3 Å². The number of hydrogen-bond acceptors (Lipinski definition) is 4. The van der Waals surface area contributed by atoms with Gasteiger partial charge in [0.15, 0.2) is 11.0 Å². The molecule has 1 rings (SSSR count). The summed E-state index contributed by atoms with van der Waals surface area (Å²) < 4.78 is 0. The molecule has 0 aliphatic rings. The molecular formula is C13H23ClN4. The molecule has 0 aliphatic heterocycles. The first-order valence-electron chi connectivity index (χ1n) is 6.37. The van der Waals surface area contributed by atoms with Crippen molar-refractivity contribution >= 4 is 17.4 Å². The fraction of sp³-hybridized carbons (Fsp3) is 0.692. The van der Waals surface area contributed by atoms with E-state index in [1.807, 2.05) is 13.8 Å². The van der Waals surface area contributed by atoms with E-state index >= 15 is 0 Å². The summed E-state index contributed by atoms with van der Waals surface area (Å²) in [7, 11) is 2.14. The molecule has 0 fully saturated rings. The lowest BCUT2D eigenvalue weighted by atomic mass is 10.2. The molecule has 102 valence electrons. The van der Waals surface area contributed by atoms with Gasteiger partial charge in [0.05, 0.1) is 0 Å². The minimum atomic E-state index is 0.484. The van der Waals surface area contributed by atoms with Gasteiger partial charge in [0.1, 0.15) is 0 Å². The van der Waals surface area contributed by atoms with E-state index < -0.39 is 0 Å². The van der Waals surface area contributed by atoms with E-state index in [9.17, 15) is 0 Å². The molecule has 0 radical (unpaired) electrons. The van der Waals surface area contributed by atoms with Crippen molar-refractivity contribution < 1.29 is 0 Å². The van der Waals surface area contributed by atoms with Crippen molar-refractivity contribution in [2.75, 3.05) is 25.5 Å². The molecule has 0 unspecified atom stereocenters. The summed E-state index contributed by atoms with van der Waals surface area (Å²) in [5, 5.41) is 11.8. The average Bonchev–Trinajstić information content (AvgIpc) is 2.33. The van der Waals surface area contributed by atoms with Gasteiger partial charge in [0.2, 0.25) is 0 Å². The maximum Gasteiger partial charge on any atom is 0.155 e. The maximum atomic E-state index is 5.92. The highest BCUT2D eigenvalue weighted by Crippen LogP contribution is 2.20. The van der Waals surface area contributed by atoms with Gasteiger partial charge in [-0.05, 0) is 58.8 Å². The molecule has 0 amide bonds. The third-order valence-corrected chi connectivity index (χ3v) is 3.69. The van der Waals surface area contributed by atoms with Crippen molar-refractivity contribution in [2.24, 2.45) is 0 Å². The largest absolute Gasteiger partial charge is 0.368 e. The van der Waals surface area contributed by atoms with E-state index in [0.29, 0.717) is 11.2 Å². The van der Waals surface area contributed by atoms with Crippen molar-refractivity contribution in [1.82, 2.24) is 15.1 Å². The highest BCUT2D eigenvalue weighted by Gasteiger charge is 2.07. The quantitative estimate of drug-likeness (QED) is 0.807. The third kappa shape index (κ3) is 4.10. The summed E-state index contributed by atoms with van der Waals surface area (Å²) in [6.07, 6.45) is 1.08. The van der Waals surface area contributed by atoms with Crippen LogP contribution in [0.1, 0.15) is 31.4 Å². The lowest BCUT2D eigenvalue weighted by molar-refractivity contribution is 0.273. The van der Waals surface area contributed by atoms with E-state index in [2.05, 4.69) is 41.3 Å². The molecule has 4 nitrogen and oxygen atoms in total. The van der Waals surface area contributed by atoms with Gasteiger partial charge in [-0.2, -0.15) is 0 Å². The fourth-order valence-electron chi connectivity index (χ4n) is 1.54. The molecule has 0 spiro atoms. The smallest absolute Gasteiger partial charge is 0.155 e. The molecule has 0 bridgehead atoms. The van der Waals surface area contributed by atoms with Crippen molar-refractivity contribution in [2.45, 2.75) is 40.2 Å². The van der Waals surface area contributed by atoms with Gasteiger partial charge >= 0.3 is 0 Å². The molecule has 0 saturated heterocycles. The number of aromatic nitrogens is 2. The second-order valence-electron chi connectivity index (χ2n) is 4.94. The van der Waals surface area contributed by atoms with Gasteiger partial charge < -0.3 is 10.2 Å². The molecule has 0 atom stereocenters. The number of nitrogens with zero attached hydrogens (tertiary/aromatic N) is 3. The van der Waals surface area contributed by atoms with Crippen molar-refractivity contribution in [3.8, 4) is 0 Å². The number of rotatable bonds is 6. The summed E-state index contributed by atoms with van der Waals surface area (Å²) in [5.41, 5.74) is 2.07. The first kappa shape index (κ1) is 15.2. The number of anilines is 1. The van der Waals surface area contributed by atoms with Crippen molar-refractivity contribution in [3.63, 3.8) is 0 Å². The normalized spacial score (nSPS) is 11.3. The molecule has 0 aromatic carbocycles. The SMILES string of the molecule is Cc1c(Cl)nnc(NCCCN(C)C(C)C)c1C. The van der Waals surface area contributed by atoms with E-state index in [4.69, 9.17) is 11.6 Å². The fourth-order valence-corrected chi connectivity index (χ4v) is 1.72. The van der Waals surface area contributed by atoms with Gasteiger partial charge in [-0.1, -0.05) is 11.6 Å². The molecule has 0 saturated carbocycles. The second-order valence-corrected chi connectivity index (χ2v) is 5.30. The van der Waals surface area contributed by atoms with Crippen LogP contribution in [0.3, 0.4) is 0 Å². The Morgan fingerprint density at radius 3 is 2.50 bits per heavy atom. The molecule has 1 N–H and O–H groups in total. The lowest BCUT2D eigenvalue weighted by Gasteiger charge is -2.20. The zero-order chi connectivity index (χ0) is 13.7. The third-order valence-electron chi connectivity index (χ3n) is 3.33. The second kappa shape index (κ2) is 6.90. The monoisotopic (exact) mass is 270 g/mol. The topological polar surface area (TPSA) is 41.1 Å². The Hall–Kier alpha value is -0.870. The van der Waals surface area contributed by atoms with Gasteiger partial charge in [-0.25, -0.2) is 0 Å². The summed E-state index contributed by atoms with van der Waals surface area (Å²) in [6, 6.07) is 0.587. The zero-order valence-electron chi connectivity index (χ0n) is 11.9. The van der Waals surface area contributed by atoms with Crippen molar-refractivity contribution in [1.29, 1.82) is 0 Å². The van der Waals surface area contributed by atoms with E-state index in [0.717, 1.165) is 36.5 Å². The highest BCUT2D eigenvalue weighted by atomic mass is 35.5. The van der Waals surface area contributed by atoms with Crippen LogP contribution in [0, 0.1) is 13.8 Å². The van der Waals surface area contributed by atoms with Crippen LogP contribution in [0.15, 0.2) is 0 Å². The Balaban J connectivity index is 2.43. The summed E-state index contributed by atoms with van der Waals surface area (Å²) in [5.74, 6) is 0.837. The van der Waals surface area contributed by atoms with Crippen LogP contribution in [0.5, 0.6) is 0 Å². The molecule has 1 aromatic heterocycles. The Morgan fingerprint density at radius 2 is 1.89 bits per heavy atom. The van der Waals surface area contributed by atoms with Crippen LogP contribution in [0.2, 0.25) is 5.15 Å². The standard InChI is InChI=1S/C13H23ClN4/c1-9(2)18(5)8-6-7-15-13-11(4)10(3)12(14)16-17-13/h9H,6-8H2,1-5H3,(H,15,17). The van der Waals surface area contributed by atoms with Crippen LogP contribution >= 0.6 is 11.6 Å². The minimum absolute atomic E-state index is 0.484. The summed E-state index contributed by atoms with van der Waals surface area (Å²) in [4.78, 5) is 2.33. The zero-order valence-corrected chi connectivity index (χ0v) is 12.7. The number of halogens is 1. The van der Waals surface area contributed by atoms with Gasteiger partial charge in [0.25, 0.3) is 0 Å². The van der Waals surface area contributed by atoms with Crippen LogP contribution in [0.4, 0.5) is 5.82 Å². The van der Waals surface area contributed by atoms with Crippen LogP contribution in [-0.4, -0.2) is 41.3 Å². The number of hydrogen-bond donors (Lipinski definition) is 1. The molecule has 0 aliphatic carbocycles. The van der Waals surface area contributed by atoms with E-state index in [-0.39, 0.29) is 0 Å². The van der Waals surface area contributed by atoms with Crippen LogP contribution < -0.4 is 5.32 Å². The van der Waals surface area contributed by atoms with Crippen LogP contribution in [0.25, 0.3) is 0 Å². The van der Waals surface area contributed by atoms with Crippen LogP contribution in [-0.2, 0) is 0 Å². The number of nitrogens with one attached hydrogen (secondary N) is 1. The Morgan fingerprint density at radius 1 is 1.22 bits per heavy atom. The maximum absolute atomic E-state index is 5.92. The molecule has 1 aromatic rings. The lowest BCUT2D eigenvalue weighted by Crippen LogP contribution is -2.28. The first-order chi connectivity index (χ1) is 8.43. The average molecular weight is 271 g/mol. The Kier molecular flexibility index (Phi) is 5.82. The first-order valence-corrected chi connectivity index (χ1v) is 6.74. The van der Waals surface area contributed by atoms with E-state index in [1.54, 1.807) is 0 Å². The Bertz CT molecular complexity index is 393. The van der Waals surface area contributed by atoms with Gasteiger partial charge in [-0.3, -0.25) is 0 Å². The van der Waals surface area contributed by atoms with E-state index in [1.165, 1.54) is 0 Å². The molecule has 1 heterocycles. The highest BCUT2D eigenvalue weighted by molar-refractivity contribution is 6.30. The predicted molar refractivity (Wildman–Crippen MR) is 77.4 cm³/mol.